The molecule has 5 nitrogen and oxygen atoms in total. The largest absolute Gasteiger partial charge is 0.480 e. The molecule has 1 aliphatic heterocycles. The summed E-state index contributed by atoms with van der Waals surface area (Å²) in [5.74, 6) is -0.0676. The van der Waals surface area contributed by atoms with E-state index in [-0.39, 0.29) is 28.3 Å². The van der Waals surface area contributed by atoms with E-state index in [9.17, 15) is 13.6 Å². The summed E-state index contributed by atoms with van der Waals surface area (Å²) in [6.07, 6.45) is -3.68. The normalized spacial score (nSPS) is 18.9. The number of carbonyl (C=O) groups is 1. The third-order valence-electron chi connectivity index (χ3n) is 7.40. The summed E-state index contributed by atoms with van der Waals surface area (Å²) >= 11 is 0. The van der Waals surface area contributed by atoms with Crippen molar-refractivity contribution < 1.29 is 22.7 Å². The van der Waals surface area contributed by atoms with Crippen molar-refractivity contribution in [2.24, 2.45) is 5.41 Å². The Kier molecular flexibility index (Phi) is 7.97. The van der Waals surface area contributed by atoms with Crippen LogP contribution >= 0.6 is 0 Å². The van der Waals surface area contributed by atoms with Crippen molar-refractivity contribution in [2.75, 3.05) is 13.2 Å². The van der Waals surface area contributed by atoms with Gasteiger partial charge in [0.05, 0.1) is 24.3 Å². The van der Waals surface area contributed by atoms with Crippen molar-refractivity contribution in [3.63, 3.8) is 0 Å². The molecule has 194 valence electrons. The number of likely N-dealkylation sites (tertiary alicyclic amines) is 1. The van der Waals surface area contributed by atoms with Crippen molar-refractivity contribution >= 4 is 14.2 Å². The Labute approximate surface area is 214 Å². The fourth-order valence-corrected chi connectivity index (χ4v) is 5.14. The number of hydrogen-bond acceptors (Lipinski definition) is 4. The predicted octanol–water partition coefficient (Wildman–Crippen LogP) is 6.87. The third-order valence-corrected chi connectivity index (χ3v) is 11.9. The van der Waals surface area contributed by atoms with Crippen LogP contribution in [0.25, 0.3) is 0 Å². The molecule has 0 bridgehead atoms. The van der Waals surface area contributed by atoms with E-state index in [1.807, 2.05) is 44.2 Å². The first kappa shape index (κ1) is 27.8. The maximum Gasteiger partial charge on any atom is 0.265 e. The first-order valence-corrected chi connectivity index (χ1v) is 15.1. The van der Waals surface area contributed by atoms with Gasteiger partial charge in [-0.1, -0.05) is 65.0 Å². The Morgan fingerprint density at radius 1 is 1.17 bits per heavy atom. The van der Waals surface area contributed by atoms with Crippen LogP contribution < -0.4 is 4.74 Å². The van der Waals surface area contributed by atoms with E-state index in [1.54, 1.807) is 11.0 Å². The summed E-state index contributed by atoms with van der Waals surface area (Å²) < 4.78 is 39.5. The van der Waals surface area contributed by atoms with E-state index in [4.69, 9.17) is 14.4 Å². The average molecular weight is 515 g/mol. The summed E-state index contributed by atoms with van der Waals surface area (Å²) in [5.41, 5.74) is -0.123. The van der Waals surface area contributed by atoms with Crippen LogP contribution in [0.15, 0.2) is 48.5 Å². The van der Waals surface area contributed by atoms with Crippen LogP contribution in [0.2, 0.25) is 18.1 Å². The van der Waals surface area contributed by atoms with Gasteiger partial charge in [-0.15, -0.1) is 0 Å². The zero-order chi connectivity index (χ0) is 26.9. The van der Waals surface area contributed by atoms with Gasteiger partial charge in [-0.2, -0.15) is 5.26 Å². The second kappa shape index (κ2) is 10.3. The summed E-state index contributed by atoms with van der Waals surface area (Å²) in [6.45, 7) is 15.6. The molecule has 1 aliphatic rings. The molecule has 0 aliphatic carbocycles. The van der Waals surface area contributed by atoms with E-state index in [2.05, 4.69) is 33.9 Å². The minimum atomic E-state index is -2.82. The highest BCUT2D eigenvalue weighted by molar-refractivity contribution is 6.74. The van der Waals surface area contributed by atoms with Gasteiger partial charge in [0.15, 0.2) is 14.4 Å². The summed E-state index contributed by atoms with van der Waals surface area (Å²) in [4.78, 5) is 15.6. The molecule has 0 saturated carbocycles. The van der Waals surface area contributed by atoms with Crippen LogP contribution in [0.1, 0.15) is 63.8 Å². The minimum absolute atomic E-state index is 0.0200. The highest BCUT2D eigenvalue weighted by atomic mass is 28.4. The van der Waals surface area contributed by atoms with Gasteiger partial charge in [0.2, 0.25) is 0 Å². The van der Waals surface area contributed by atoms with Gasteiger partial charge in [-0.25, -0.2) is 8.78 Å². The molecule has 2 atom stereocenters. The van der Waals surface area contributed by atoms with Crippen molar-refractivity contribution in [3.05, 3.63) is 65.2 Å². The Morgan fingerprint density at radius 3 is 2.36 bits per heavy atom. The predicted molar refractivity (Wildman–Crippen MR) is 138 cm³/mol. The molecule has 0 N–H and O–H groups in total. The first-order chi connectivity index (χ1) is 16.7. The maximum atomic E-state index is 13.8. The summed E-state index contributed by atoms with van der Waals surface area (Å²) in [6, 6.07) is 15.2. The number of nitrogens with zero attached hydrogens (tertiary/aromatic N) is 2. The molecule has 0 aromatic heterocycles. The molecule has 1 saturated heterocycles. The van der Waals surface area contributed by atoms with Gasteiger partial charge in [0.1, 0.15) is 5.75 Å². The van der Waals surface area contributed by atoms with E-state index in [0.717, 1.165) is 11.6 Å². The van der Waals surface area contributed by atoms with Gasteiger partial charge in [0, 0.05) is 17.5 Å². The van der Waals surface area contributed by atoms with Gasteiger partial charge < -0.3 is 14.1 Å². The SMILES string of the molecule is CC1(C)CN([C@@H](CO[Si](C)(C)C(C)(C)C)c2ccccc2)C(=O)[C@@H]1Oc1ccc(C#N)c(C(F)F)c1. The molecule has 0 unspecified atom stereocenters. The molecule has 0 spiro atoms. The smallest absolute Gasteiger partial charge is 0.265 e. The molecule has 3 rings (SSSR count). The lowest BCUT2D eigenvalue weighted by Crippen LogP contribution is -2.44. The number of ether oxygens (including phenoxy) is 1. The molecular weight excluding hydrogens is 478 g/mol. The second-order valence-electron chi connectivity index (χ2n) is 11.6. The topological polar surface area (TPSA) is 62.6 Å². The quantitative estimate of drug-likeness (QED) is 0.361. The number of benzene rings is 2. The molecule has 2 aromatic rings. The van der Waals surface area contributed by atoms with Gasteiger partial charge in [0.25, 0.3) is 12.3 Å². The van der Waals surface area contributed by atoms with E-state index in [0.29, 0.717) is 13.2 Å². The van der Waals surface area contributed by atoms with Crippen LogP contribution in [0.4, 0.5) is 8.78 Å². The number of amides is 1. The zero-order valence-corrected chi connectivity index (χ0v) is 23.1. The lowest BCUT2D eigenvalue weighted by molar-refractivity contribution is -0.137. The van der Waals surface area contributed by atoms with Crippen LogP contribution in [0, 0.1) is 16.7 Å². The highest BCUT2D eigenvalue weighted by Gasteiger charge is 2.51. The van der Waals surface area contributed by atoms with E-state index >= 15 is 0 Å². The van der Waals surface area contributed by atoms with Crippen LogP contribution in [0.5, 0.6) is 5.75 Å². The maximum absolute atomic E-state index is 13.8. The Morgan fingerprint density at radius 2 is 1.81 bits per heavy atom. The third kappa shape index (κ3) is 5.79. The fourth-order valence-electron chi connectivity index (χ4n) is 4.14. The summed E-state index contributed by atoms with van der Waals surface area (Å²) in [7, 11) is -2.08. The number of carbonyl (C=O) groups excluding carboxylic acids is 1. The zero-order valence-electron chi connectivity index (χ0n) is 22.1. The molecule has 1 heterocycles. The lowest BCUT2D eigenvalue weighted by atomic mass is 9.89. The molecule has 1 fully saturated rings. The Balaban J connectivity index is 1.91. The fraction of sp³-hybridized carbons (Fsp3) is 0.500. The first-order valence-electron chi connectivity index (χ1n) is 12.2. The minimum Gasteiger partial charge on any atom is -0.480 e. The molecule has 2 aromatic carbocycles. The monoisotopic (exact) mass is 514 g/mol. The average Bonchev–Trinajstić information content (AvgIpc) is 3.02. The van der Waals surface area contributed by atoms with Crippen LogP contribution in [0.3, 0.4) is 0 Å². The number of alkyl halides is 2. The number of hydrogen-bond donors (Lipinski definition) is 0. The second-order valence-corrected chi connectivity index (χ2v) is 16.4. The Hall–Kier alpha value is -2.76. The van der Waals surface area contributed by atoms with E-state index < -0.39 is 31.8 Å². The van der Waals surface area contributed by atoms with Gasteiger partial charge in [-0.3, -0.25) is 4.79 Å². The Bertz CT molecular complexity index is 1120. The van der Waals surface area contributed by atoms with Crippen molar-refractivity contribution in [1.82, 2.24) is 4.90 Å². The number of nitriles is 1. The number of halogens is 2. The van der Waals surface area contributed by atoms with Gasteiger partial charge in [-0.05, 0) is 41.9 Å². The molecular formula is C28H36F2N2O3Si. The molecule has 1 amide bonds. The number of rotatable bonds is 8. The van der Waals surface area contributed by atoms with Crippen molar-refractivity contribution in [2.45, 2.75) is 71.3 Å². The summed E-state index contributed by atoms with van der Waals surface area (Å²) in [5, 5.41) is 9.16. The molecule has 8 heteroatoms. The van der Waals surface area contributed by atoms with Gasteiger partial charge >= 0.3 is 0 Å². The standard InChI is InChI=1S/C28H36F2N2O3Si/c1-27(2,3)36(6,7)34-17-23(19-11-9-8-10-12-19)32-18-28(4,5)24(26(32)33)35-21-14-13-20(16-31)22(15-21)25(29)30/h8-15,23-25H,17-18H2,1-7H3/t23-,24-/m0/s1. The van der Waals surface area contributed by atoms with Crippen molar-refractivity contribution in [3.8, 4) is 11.8 Å². The van der Waals surface area contributed by atoms with E-state index in [1.165, 1.54) is 12.1 Å². The van der Waals surface area contributed by atoms with Crippen LogP contribution in [-0.4, -0.2) is 38.4 Å². The van der Waals surface area contributed by atoms with Crippen LogP contribution in [-0.2, 0) is 9.22 Å². The highest BCUT2D eigenvalue weighted by Crippen LogP contribution is 2.41. The molecule has 0 radical (unpaired) electrons. The molecule has 36 heavy (non-hydrogen) atoms. The van der Waals surface area contributed by atoms with Crippen molar-refractivity contribution in [1.29, 1.82) is 5.26 Å². The lowest BCUT2D eigenvalue weighted by Gasteiger charge is -2.39.